The van der Waals surface area contributed by atoms with Gasteiger partial charge in [0.05, 0.1) is 0 Å². The van der Waals surface area contributed by atoms with Gasteiger partial charge >= 0.3 is 0 Å². The summed E-state index contributed by atoms with van der Waals surface area (Å²) in [6.45, 7) is 6.54. The second-order valence-corrected chi connectivity index (χ2v) is 6.73. The Morgan fingerprint density at radius 3 is 2.38 bits per heavy atom. The van der Waals surface area contributed by atoms with E-state index in [1.54, 1.807) is 6.07 Å². The smallest absolute Gasteiger partial charge is 0.223 e. The zero-order valence-corrected chi connectivity index (χ0v) is 13.4. The van der Waals surface area contributed by atoms with Crippen molar-refractivity contribution in [1.82, 2.24) is 14.9 Å². The minimum Gasteiger partial charge on any atom is -0.368 e. The molecule has 2 aliphatic rings. The van der Waals surface area contributed by atoms with E-state index in [1.807, 2.05) is 0 Å². The summed E-state index contributed by atoms with van der Waals surface area (Å²) in [4.78, 5) is 13.1. The molecule has 0 radical (unpaired) electrons. The van der Waals surface area contributed by atoms with Crippen molar-refractivity contribution in [2.45, 2.75) is 38.6 Å². The molecule has 1 aromatic heterocycles. The molecule has 1 saturated carbocycles. The lowest BCUT2D eigenvalue weighted by Gasteiger charge is -2.42. The third-order valence-corrected chi connectivity index (χ3v) is 5.03. The zero-order valence-electron chi connectivity index (χ0n) is 12.6. The number of hydrogen-bond donors (Lipinski definition) is 1. The second-order valence-electron chi connectivity index (χ2n) is 6.34. The third-order valence-electron chi connectivity index (χ3n) is 4.84. The standard InChI is InChI=1S/C15H24ClN5/c1-11-2-4-12(5-3-11)20-6-8-21(9-7-20)14-10-13(16)18-15(17)19-14/h10-12H,2-9H2,1H3,(H2,17,18,19). The highest BCUT2D eigenvalue weighted by atomic mass is 35.5. The Bertz CT molecular complexity index is 459. The Hall–Kier alpha value is -1.07. The maximum absolute atomic E-state index is 5.97. The van der Waals surface area contributed by atoms with Crippen molar-refractivity contribution in [3.05, 3.63) is 11.2 Å². The fourth-order valence-corrected chi connectivity index (χ4v) is 3.69. The number of piperazine rings is 1. The van der Waals surface area contributed by atoms with E-state index in [0.29, 0.717) is 5.15 Å². The highest BCUT2D eigenvalue weighted by molar-refractivity contribution is 6.29. The molecule has 2 fully saturated rings. The molecule has 1 saturated heterocycles. The molecule has 21 heavy (non-hydrogen) atoms. The Balaban J connectivity index is 1.57. The van der Waals surface area contributed by atoms with Gasteiger partial charge in [-0.1, -0.05) is 18.5 Å². The molecule has 0 amide bonds. The van der Waals surface area contributed by atoms with E-state index in [4.69, 9.17) is 17.3 Å². The van der Waals surface area contributed by atoms with Crippen LogP contribution in [0.5, 0.6) is 0 Å². The van der Waals surface area contributed by atoms with Crippen LogP contribution >= 0.6 is 11.6 Å². The van der Waals surface area contributed by atoms with Gasteiger partial charge in [-0.15, -0.1) is 0 Å². The normalized spacial score (nSPS) is 27.8. The van der Waals surface area contributed by atoms with Crippen LogP contribution in [0.1, 0.15) is 32.6 Å². The molecule has 5 nitrogen and oxygen atoms in total. The molecule has 116 valence electrons. The van der Waals surface area contributed by atoms with Gasteiger partial charge in [-0.3, -0.25) is 4.90 Å². The van der Waals surface area contributed by atoms with Gasteiger partial charge in [0.25, 0.3) is 0 Å². The molecule has 1 aliphatic carbocycles. The van der Waals surface area contributed by atoms with E-state index in [0.717, 1.165) is 44.0 Å². The molecule has 6 heteroatoms. The maximum atomic E-state index is 5.97. The Morgan fingerprint density at radius 1 is 1.10 bits per heavy atom. The number of hydrogen-bond acceptors (Lipinski definition) is 5. The molecule has 3 rings (SSSR count). The quantitative estimate of drug-likeness (QED) is 0.850. The molecule has 0 spiro atoms. The van der Waals surface area contributed by atoms with Gasteiger partial charge in [-0.25, -0.2) is 4.98 Å². The fraction of sp³-hybridized carbons (Fsp3) is 0.733. The van der Waals surface area contributed by atoms with Gasteiger partial charge in [0.15, 0.2) is 0 Å². The van der Waals surface area contributed by atoms with Gasteiger partial charge in [0.2, 0.25) is 5.95 Å². The summed E-state index contributed by atoms with van der Waals surface area (Å²) in [6.07, 6.45) is 5.47. The number of anilines is 2. The number of aromatic nitrogens is 2. The summed E-state index contributed by atoms with van der Waals surface area (Å²) in [5, 5.41) is 0.418. The van der Waals surface area contributed by atoms with Crippen LogP contribution in [0.3, 0.4) is 0 Å². The molecule has 1 aliphatic heterocycles. The summed E-state index contributed by atoms with van der Waals surface area (Å²) in [5.74, 6) is 2.01. The van der Waals surface area contributed by atoms with Crippen molar-refractivity contribution >= 4 is 23.4 Å². The van der Waals surface area contributed by atoms with Crippen LogP contribution in [0.25, 0.3) is 0 Å². The first-order chi connectivity index (χ1) is 10.1. The number of rotatable bonds is 2. The number of nitrogens with zero attached hydrogens (tertiary/aromatic N) is 4. The van der Waals surface area contributed by atoms with Crippen LogP contribution in [0.2, 0.25) is 5.15 Å². The zero-order chi connectivity index (χ0) is 14.8. The maximum Gasteiger partial charge on any atom is 0.223 e. The molecule has 0 atom stereocenters. The van der Waals surface area contributed by atoms with Gasteiger partial charge in [-0.05, 0) is 31.6 Å². The van der Waals surface area contributed by atoms with Crippen molar-refractivity contribution < 1.29 is 0 Å². The highest BCUT2D eigenvalue weighted by Gasteiger charge is 2.27. The number of halogens is 1. The summed E-state index contributed by atoms with van der Waals surface area (Å²) in [5.41, 5.74) is 5.68. The van der Waals surface area contributed by atoms with Crippen molar-refractivity contribution in [1.29, 1.82) is 0 Å². The van der Waals surface area contributed by atoms with E-state index < -0.39 is 0 Å². The van der Waals surface area contributed by atoms with E-state index in [1.165, 1.54) is 25.7 Å². The summed E-state index contributed by atoms with van der Waals surface area (Å²) in [6, 6.07) is 2.58. The second kappa shape index (κ2) is 6.36. The van der Waals surface area contributed by atoms with Crippen LogP contribution in [0, 0.1) is 5.92 Å². The first-order valence-corrected chi connectivity index (χ1v) is 8.28. The van der Waals surface area contributed by atoms with Gasteiger partial charge in [0.1, 0.15) is 11.0 Å². The SMILES string of the molecule is CC1CCC(N2CCN(c3cc(Cl)nc(N)n3)CC2)CC1. The molecule has 0 aromatic carbocycles. The minimum atomic E-state index is 0.251. The van der Waals surface area contributed by atoms with Crippen molar-refractivity contribution in [3.63, 3.8) is 0 Å². The lowest BCUT2D eigenvalue weighted by atomic mass is 9.86. The fourth-order valence-electron chi connectivity index (χ4n) is 3.51. The van der Waals surface area contributed by atoms with E-state index in [2.05, 4.69) is 26.7 Å². The molecule has 1 aromatic rings. The highest BCUT2D eigenvalue weighted by Crippen LogP contribution is 2.28. The lowest BCUT2D eigenvalue weighted by molar-refractivity contribution is 0.132. The van der Waals surface area contributed by atoms with Crippen molar-refractivity contribution in [2.24, 2.45) is 5.92 Å². The van der Waals surface area contributed by atoms with Gasteiger partial charge in [-0.2, -0.15) is 4.98 Å². The van der Waals surface area contributed by atoms with Crippen molar-refractivity contribution in [3.8, 4) is 0 Å². The molecule has 0 bridgehead atoms. The summed E-state index contributed by atoms with van der Waals surface area (Å²) >= 11 is 5.97. The number of nitrogens with two attached hydrogens (primary N) is 1. The Kier molecular flexibility index (Phi) is 4.50. The monoisotopic (exact) mass is 309 g/mol. The minimum absolute atomic E-state index is 0.251. The Labute approximate surface area is 131 Å². The van der Waals surface area contributed by atoms with E-state index in [9.17, 15) is 0 Å². The predicted octanol–water partition coefficient (Wildman–Crippen LogP) is 2.41. The summed E-state index contributed by atoms with van der Waals surface area (Å²) in [7, 11) is 0. The largest absolute Gasteiger partial charge is 0.368 e. The van der Waals surface area contributed by atoms with Crippen LogP contribution in [-0.4, -0.2) is 47.1 Å². The lowest BCUT2D eigenvalue weighted by Crippen LogP contribution is -2.51. The van der Waals surface area contributed by atoms with Crippen molar-refractivity contribution in [2.75, 3.05) is 36.8 Å². The summed E-state index contributed by atoms with van der Waals surface area (Å²) < 4.78 is 0. The first-order valence-electron chi connectivity index (χ1n) is 7.91. The molecule has 2 heterocycles. The molecular formula is C15H24ClN5. The molecular weight excluding hydrogens is 286 g/mol. The van der Waals surface area contributed by atoms with Crippen LogP contribution in [0.15, 0.2) is 6.07 Å². The first kappa shape index (κ1) is 14.9. The third kappa shape index (κ3) is 3.58. The van der Waals surface area contributed by atoms with Crippen LogP contribution in [0.4, 0.5) is 11.8 Å². The Morgan fingerprint density at radius 2 is 1.76 bits per heavy atom. The molecule has 2 N–H and O–H groups in total. The number of nitrogen functional groups attached to an aromatic ring is 1. The van der Waals surface area contributed by atoms with Gasteiger partial charge in [0, 0.05) is 38.3 Å². The average Bonchev–Trinajstić information content (AvgIpc) is 2.47. The van der Waals surface area contributed by atoms with Crippen LogP contribution < -0.4 is 10.6 Å². The van der Waals surface area contributed by atoms with E-state index >= 15 is 0 Å². The average molecular weight is 310 g/mol. The molecule has 0 unspecified atom stereocenters. The van der Waals surface area contributed by atoms with E-state index in [-0.39, 0.29) is 5.95 Å². The van der Waals surface area contributed by atoms with Gasteiger partial charge < -0.3 is 10.6 Å². The topological polar surface area (TPSA) is 58.3 Å². The predicted molar refractivity (Wildman–Crippen MR) is 86.7 cm³/mol. The van der Waals surface area contributed by atoms with Crippen LogP contribution in [-0.2, 0) is 0 Å².